The molecule has 0 saturated carbocycles. The lowest BCUT2D eigenvalue weighted by Gasteiger charge is -2.51. The van der Waals surface area contributed by atoms with Crippen molar-refractivity contribution in [3.8, 4) is 0 Å². The van der Waals surface area contributed by atoms with Gasteiger partial charge in [0.05, 0.1) is 13.7 Å². The number of morpholine rings is 1. The van der Waals surface area contributed by atoms with Crippen molar-refractivity contribution in [3.63, 3.8) is 0 Å². The van der Waals surface area contributed by atoms with Crippen LogP contribution in [0.15, 0.2) is 30.3 Å². The summed E-state index contributed by atoms with van der Waals surface area (Å²) in [7, 11) is 1.70. The van der Waals surface area contributed by atoms with E-state index in [0.29, 0.717) is 12.8 Å². The van der Waals surface area contributed by atoms with Crippen LogP contribution in [0.2, 0.25) is 0 Å². The van der Waals surface area contributed by atoms with Crippen molar-refractivity contribution in [1.29, 1.82) is 0 Å². The van der Waals surface area contributed by atoms with Crippen LogP contribution in [0.1, 0.15) is 24.3 Å². The highest BCUT2D eigenvalue weighted by Gasteiger charge is 2.69. The maximum atomic E-state index is 12.6. The number of benzene rings is 1. The standard InChI is InChI=1S/C17H21NO5.BrH/c1-18(21)13-7-11(8-14(18)16-15(13)23-16)22-17(20)12(9-19)10-5-3-2-4-6-10;/h2-6,11-16,19H,7-9H2,1H3;1H/t11?,12-,13-,14+,15-,16+,18?;/m0./s1. The number of aliphatic hydroxyl groups is 1. The number of ether oxygens (including phenoxy) is 2. The lowest BCUT2D eigenvalue weighted by Crippen LogP contribution is -2.58. The first-order valence-corrected chi connectivity index (χ1v) is 8.11. The normalized spacial score (nSPS) is 40.2. The van der Waals surface area contributed by atoms with Gasteiger partial charge in [-0.15, -0.1) is 17.0 Å². The highest BCUT2D eigenvalue weighted by atomic mass is 79.9. The largest absolute Gasteiger partial charge is 0.632 e. The van der Waals surface area contributed by atoms with Crippen molar-refractivity contribution in [2.75, 3.05) is 13.7 Å². The van der Waals surface area contributed by atoms with Crippen LogP contribution in [-0.2, 0) is 14.3 Å². The van der Waals surface area contributed by atoms with Gasteiger partial charge in [-0.25, -0.2) is 0 Å². The fourth-order valence-electron chi connectivity index (χ4n) is 4.25. The lowest BCUT2D eigenvalue weighted by molar-refractivity contribution is -0.911. The summed E-state index contributed by atoms with van der Waals surface area (Å²) in [4.78, 5) is 12.4. The average molecular weight is 400 g/mol. The van der Waals surface area contributed by atoms with Crippen molar-refractivity contribution >= 4 is 23.0 Å². The predicted octanol–water partition coefficient (Wildman–Crippen LogP) is 1.51. The van der Waals surface area contributed by atoms with Gasteiger partial charge in [-0.3, -0.25) is 4.79 Å². The van der Waals surface area contributed by atoms with Crippen LogP contribution in [0.4, 0.5) is 0 Å². The van der Waals surface area contributed by atoms with E-state index in [-0.39, 0.29) is 58.6 Å². The third-order valence-corrected chi connectivity index (χ3v) is 5.60. The molecule has 3 saturated heterocycles. The Morgan fingerprint density at radius 3 is 2.46 bits per heavy atom. The van der Waals surface area contributed by atoms with Crippen LogP contribution < -0.4 is 0 Å². The minimum absolute atomic E-state index is 0. The van der Waals surface area contributed by atoms with Crippen LogP contribution >= 0.6 is 17.0 Å². The fourth-order valence-corrected chi connectivity index (χ4v) is 4.25. The fraction of sp³-hybridized carbons (Fsp3) is 0.588. The molecule has 0 aliphatic carbocycles. The molecule has 3 aliphatic heterocycles. The van der Waals surface area contributed by atoms with Crippen molar-refractivity contribution in [2.45, 2.75) is 49.2 Å². The molecule has 7 atom stereocenters. The number of nitrogens with zero attached hydrogens (tertiary/aromatic N) is 1. The Hall–Kier alpha value is -0.990. The maximum absolute atomic E-state index is 12.6. The van der Waals surface area contributed by atoms with E-state index < -0.39 is 11.9 Å². The molecule has 6 nitrogen and oxygen atoms in total. The molecule has 2 bridgehead atoms. The molecule has 3 aliphatic rings. The Balaban J connectivity index is 0.00000169. The van der Waals surface area contributed by atoms with Crippen molar-refractivity contribution in [1.82, 2.24) is 0 Å². The average Bonchev–Trinajstić information content (AvgIpc) is 3.27. The second-order valence-corrected chi connectivity index (χ2v) is 6.94. The van der Waals surface area contributed by atoms with E-state index in [9.17, 15) is 15.1 Å². The van der Waals surface area contributed by atoms with Crippen LogP contribution in [-0.4, -0.2) is 59.8 Å². The summed E-state index contributed by atoms with van der Waals surface area (Å²) in [6.07, 6.45) is 0.891. The monoisotopic (exact) mass is 399 g/mol. The first-order valence-electron chi connectivity index (χ1n) is 8.11. The number of halogens is 1. The molecule has 0 spiro atoms. The molecule has 1 aromatic rings. The Kier molecular flexibility index (Phi) is 4.74. The first-order chi connectivity index (χ1) is 11.0. The van der Waals surface area contributed by atoms with Gasteiger partial charge in [0, 0.05) is 12.8 Å². The molecular formula is C17H22BrNO5. The number of hydrogen-bond donors (Lipinski definition) is 1. The number of epoxide rings is 1. The summed E-state index contributed by atoms with van der Waals surface area (Å²) in [6.45, 7) is -0.286. The molecule has 1 N–H and O–H groups in total. The second kappa shape index (κ2) is 6.38. The van der Waals surface area contributed by atoms with E-state index in [1.54, 1.807) is 19.2 Å². The molecule has 1 aromatic carbocycles. The summed E-state index contributed by atoms with van der Waals surface area (Å²) < 4.78 is 10.9. The highest BCUT2D eigenvalue weighted by molar-refractivity contribution is 8.93. The smallest absolute Gasteiger partial charge is 0.316 e. The summed E-state index contributed by atoms with van der Waals surface area (Å²) in [5.41, 5.74) is 0.745. The number of piperidine rings is 1. The van der Waals surface area contributed by atoms with Crippen molar-refractivity contribution in [3.05, 3.63) is 41.1 Å². The molecule has 3 fully saturated rings. The van der Waals surface area contributed by atoms with Gasteiger partial charge >= 0.3 is 5.97 Å². The Labute approximate surface area is 151 Å². The number of esters is 1. The van der Waals surface area contributed by atoms with Crippen LogP contribution in [0, 0.1) is 5.21 Å². The number of carbonyl (C=O) groups is 1. The zero-order valence-corrected chi connectivity index (χ0v) is 15.1. The summed E-state index contributed by atoms with van der Waals surface area (Å²) in [5.74, 6) is -1.09. The minimum atomic E-state index is -0.672. The summed E-state index contributed by atoms with van der Waals surface area (Å²) in [5, 5.41) is 22.2. The predicted molar refractivity (Wildman–Crippen MR) is 91.5 cm³/mol. The molecular weight excluding hydrogens is 378 g/mol. The number of likely N-dealkylation sites (N-methyl/N-ethyl adjacent to an activating group) is 1. The van der Waals surface area contributed by atoms with Gasteiger partial charge < -0.3 is 24.4 Å². The van der Waals surface area contributed by atoms with E-state index in [4.69, 9.17) is 9.47 Å². The van der Waals surface area contributed by atoms with Crippen LogP contribution in [0.25, 0.3) is 0 Å². The molecule has 3 heterocycles. The number of carbonyl (C=O) groups excluding carboxylic acids is 1. The summed E-state index contributed by atoms with van der Waals surface area (Å²) in [6, 6.07) is 8.86. The third-order valence-electron chi connectivity index (χ3n) is 5.60. The number of quaternary nitrogens is 1. The van der Waals surface area contributed by atoms with E-state index in [1.807, 2.05) is 18.2 Å². The van der Waals surface area contributed by atoms with Gasteiger partial charge in [-0.2, -0.15) is 0 Å². The molecule has 24 heavy (non-hydrogen) atoms. The van der Waals surface area contributed by atoms with Gasteiger partial charge in [0.1, 0.15) is 36.3 Å². The molecule has 7 heteroatoms. The van der Waals surface area contributed by atoms with E-state index >= 15 is 0 Å². The van der Waals surface area contributed by atoms with Gasteiger partial charge in [0.2, 0.25) is 0 Å². The number of hydroxylamine groups is 3. The van der Waals surface area contributed by atoms with E-state index in [0.717, 1.165) is 5.56 Å². The van der Waals surface area contributed by atoms with Gasteiger partial charge in [0.15, 0.2) is 0 Å². The zero-order chi connectivity index (χ0) is 16.2. The molecule has 2 unspecified atom stereocenters. The topological polar surface area (TPSA) is 82.1 Å². The van der Waals surface area contributed by atoms with Gasteiger partial charge in [0.25, 0.3) is 0 Å². The van der Waals surface area contributed by atoms with E-state index in [2.05, 4.69) is 0 Å². The van der Waals surface area contributed by atoms with Crippen LogP contribution in [0.5, 0.6) is 0 Å². The molecule has 4 rings (SSSR count). The SMILES string of the molecule is Br.C[N+]1([O-])[C@@H]2CC(OC(=O)[C@@H](CO)c3ccccc3)C[C@H]1[C@@H]1O[C@@H]12. The second-order valence-electron chi connectivity index (χ2n) is 6.94. The molecule has 0 amide bonds. The van der Waals surface area contributed by atoms with Gasteiger partial charge in [-0.05, 0) is 5.56 Å². The molecule has 0 radical (unpaired) electrons. The number of hydrogen-bond acceptors (Lipinski definition) is 5. The number of fused-ring (bicyclic) bond motifs is 5. The molecule has 132 valence electrons. The van der Waals surface area contributed by atoms with E-state index in [1.165, 1.54) is 0 Å². The summed E-state index contributed by atoms with van der Waals surface area (Å²) >= 11 is 0. The Bertz CT molecular complexity index is 590. The highest BCUT2D eigenvalue weighted by Crippen LogP contribution is 2.52. The van der Waals surface area contributed by atoms with Crippen LogP contribution in [0.3, 0.4) is 0 Å². The zero-order valence-electron chi connectivity index (χ0n) is 13.4. The molecule has 0 aromatic heterocycles. The third kappa shape index (κ3) is 2.78. The van der Waals surface area contributed by atoms with Crippen molar-refractivity contribution < 1.29 is 24.0 Å². The lowest BCUT2D eigenvalue weighted by atomic mass is 9.97. The van der Waals surface area contributed by atoms with Gasteiger partial charge in [-0.1, -0.05) is 30.3 Å². The first kappa shape index (κ1) is 17.8. The minimum Gasteiger partial charge on any atom is -0.632 e. The van der Waals surface area contributed by atoms with Crippen molar-refractivity contribution in [2.24, 2.45) is 0 Å². The number of aliphatic hydroxyl groups excluding tert-OH is 1. The Morgan fingerprint density at radius 1 is 1.33 bits per heavy atom. The maximum Gasteiger partial charge on any atom is 0.316 e. The Morgan fingerprint density at radius 2 is 1.92 bits per heavy atom. The quantitative estimate of drug-likeness (QED) is 0.359. The number of rotatable bonds is 4.